The van der Waals surface area contributed by atoms with Gasteiger partial charge in [0.25, 0.3) is 0 Å². The molecule has 23 heteroatoms. The second-order valence-corrected chi connectivity index (χ2v) is 23.0. The SMILES string of the molecule is CC(C)C[C@H]1CC(=O)N[C@@H](C)C(=O)N(C)[C@@H](Cc2ccccc2)C(=O)N(C)[C@@H](C)C(=O)N(C)[C@@H](Cc2ccccc2)C(=O)N[C@@H]([C@@H](C)O)C(=O)N(C)[C@@H](C)C(=O)N[C@H](C(=O)N2CCCCC2)CC(=O)N(C)[C@H](C)C(=O)N(C)[C@@H](C)C(=O)N1C. The van der Waals surface area contributed by atoms with Crippen LogP contribution in [0.25, 0.3) is 0 Å². The first kappa shape index (κ1) is 68.1. The molecule has 11 atom stereocenters. The number of likely N-dealkylation sites (tertiary alicyclic amines) is 1. The van der Waals surface area contributed by atoms with Crippen LogP contribution in [0.5, 0.6) is 0 Å². The molecule has 0 saturated carbocycles. The number of carbonyl (C=O) groups excluding carboxylic acids is 11. The van der Waals surface area contributed by atoms with Gasteiger partial charge in [-0.3, -0.25) is 52.7 Å². The number of hydrogen-bond acceptors (Lipinski definition) is 12. The van der Waals surface area contributed by atoms with E-state index in [4.69, 9.17) is 0 Å². The summed E-state index contributed by atoms with van der Waals surface area (Å²) in [5, 5.41) is 19.2. The summed E-state index contributed by atoms with van der Waals surface area (Å²) in [7, 11) is 9.78. The van der Waals surface area contributed by atoms with E-state index < -0.39 is 138 Å². The summed E-state index contributed by atoms with van der Waals surface area (Å²) in [5.74, 6) is -7.55. The molecule has 4 N–H and O–H groups in total. The summed E-state index contributed by atoms with van der Waals surface area (Å²) in [5.41, 5.74) is 1.31. The Morgan fingerprint density at radius 1 is 0.506 bits per heavy atom. The molecule has 458 valence electrons. The molecule has 2 aliphatic rings. The number of aliphatic hydroxyl groups is 1. The quantitative estimate of drug-likeness (QED) is 0.289. The summed E-state index contributed by atoms with van der Waals surface area (Å²) in [6, 6.07) is 5.17. The summed E-state index contributed by atoms with van der Waals surface area (Å²) in [6.07, 6.45) is 0.165. The van der Waals surface area contributed by atoms with Crippen LogP contribution in [0, 0.1) is 5.92 Å². The van der Waals surface area contributed by atoms with E-state index in [9.17, 15) is 57.8 Å². The van der Waals surface area contributed by atoms with E-state index in [1.165, 1.54) is 110 Å². The average molecular weight is 1160 g/mol. The molecule has 0 aliphatic carbocycles. The van der Waals surface area contributed by atoms with E-state index in [1.54, 1.807) is 65.6 Å². The fourth-order valence-corrected chi connectivity index (χ4v) is 10.3. The van der Waals surface area contributed by atoms with Gasteiger partial charge in [-0.15, -0.1) is 0 Å². The summed E-state index contributed by atoms with van der Waals surface area (Å²) in [4.78, 5) is 168. The fourth-order valence-electron chi connectivity index (χ4n) is 10.3. The lowest BCUT2D eigenvalue weighted by molar-refractivity contribution is -0.152. The number of likely N-dealkylation sites (N-methyl/N-ethyl adjacent to an activating group) is 7. The maximum Gasteiger partial charge on any atom is 0.248 e. The second-order valence-electron chi connectivity index (χ2n) is 23.0. The molecule has 0 aromatic heterocycles. The zero-order valence-corrected chi connectivity index (χ0v) is 51.3. The monoisotopic (exact) mass is 1160 g/mol. The minimum absolute atomic E-state index is 0.00732. The Labute approximate surface area is 489 Å². The fraction of sp³-hybridized carbons (Fsp3) is 0.617. The van der Waals surface area contributed by atoms with Gasteiger partial charge in [0.2, 0.25) is 65.0 Å². The molecule has 2 fully saturated rings. The van der Waals surface area contributed by atoms with Crippen LogP contribution in [0.15, 0.2) is 60.7 Å². The number of benzene rings is 2. The lowest BCUT2D eigenvalue weighted by Gasteiger charge is -2.37. The number of nitrogens with one attached hydrogen (secondary N) is 3. The predicted octanol–water partition coefficient (Wildman–Crippen LogP) is 1.05. The van der Waals surface area contributed by atoms with Crippen molar-refractivity contribution >= 4 is 65.0 Å². The van der Waals surface area contributed by atoms with Crippen LogP contribution in [-0.2, 0) is 65.6 Å². The molecular formula is C60H91N11O12. The predicted molar refractivity (Wildman–Crippen MR) is 311 cm³/mol. The summed E-state index contributed by atoms with van der Waals surface area (Å²) in [6.45, 7) is 13.2. The summed E-state index contributed by atoms with van der Waals surface area (Å²) < 4.78 is 0. The lowest BCUT2D eigenvalue weighted by Crippen LogP contribution is -2.62. The minimum atomic E-state index is -1.68. The maximum absolute atomic E-state index is 14.8. The second kappa shape index (κ2) is 30.7. The number of amides is 11. The van der Waals surface area contributed by atoms with E-state index in [1.807, 2.05) is 13.8 Å². The Kier molecular flexibility index (Phi) is 25.2. The van der Waals surface area contributed by atoms with Crippen molar-refractivity contribution in [2.75, 3.05) is 62.4 Å². The van der Waals surface area contributed by atoms with Crippen molar-refractivity contribution < 1.29 is 57.8 Å². The van der Waals surface area contributed by atoms with E-state index in [0.29, 0.717) is 43.5 Å². The molecule has 4 rings (SSSR count). The van der Waals surface area contributed by atoms with Gasteiger partial charge in [0, 0.05) is 87.7 Å². The molecule has 0 radical (unpaired) electrons. The third-order valence-electron chi connectivity index (χ3n) is 16.5. The zero-order valence-electron chi connectivity index (χ0n) is 51.3. The van der Waals surface area contributed by atoms with Gasteiger partial charge in [-0.1, -0.05) is 74.5 Å². The lowest BCUT2D eigenvalue weighted by atomic mass is 9.98. The van der Waals surface area contributed by atoms with Gasteiger partial charge < -0.3 is 60.3 Å². The molecular weight excluding hydrogens is 1070 g/mol. The molecule has 0 bridgehead atoms. The zero-order chi connectivity index (χ0) is 62.3. The maximum atomic E-state index is 14.8. The molecule has 0 spiro atoms. The van der Waals surface area contributed by atoms with Crippen molar-refractivity contribution in [3.8, 4) is 0 Å². The van der Waals surface area contributed by atoms with Crippen LogP contribution in [0.4, 0.5) is 0 Å². The Balaban J connectivity index is 1.82. The van der Waals surface area contributed by atoms with Crippen molar-refractivity contribution in [2.45, 2.75) is 173 Å². The molecule has 2 aromatic carbocycles. The highest BCUT2D eigenvalue weighted by molar-refractivity contribution is 5.99. The van der Waals surface area contributed by atoms with Gasteiger partial charge in [-0.25, -0.2) is 0 Å². The number of nitrogens with zero attached hydrogens (tertiary/aromatic N) is 8. The van der Waals surface area contributed by atoms with E-state index in [2.05, 4.69) is 16.0 Å². The highest BCUT2D eigenvalue weighted by Crippen LogP contribution is 2.21. The molecule has 23 nitrogen and oxygen atoms in total. The number of rotatable bonds is 8. The molecule has 0 unspecified atom stereocenters. The molecule has 2 aromatic rings. The molecule has 2 heterocycles. The first-order chi connectivity index (χ1) is 38.9. The normalized spacial score (nSPS) is 27.3. The minimum Gasteiger partial charge on any atom is -0.391 e. The van der Waals surface area contributed by atoms with Crippen molar-refractivity contribution in [3.63, 3.8) is 0 Å². The Morgan fingerprint density at radius 2 is 0.964 bits per heavy atom. The van der Waals surface area contributed by atoms with Crippen molar-refractivity contribution in [1.82, 2.24) is 55.1 Å². The standard InChI is InChI=1S/C60H91N11O12/c1-36(2)31-45-34-49(73)61-37(3)54(77)70(15)48(33-44-27-21-17-22-28-44)59(82)67(12)41(7)57(80)69(14)47(32-43-25-19-16-20-26-43)53(76)63-51(42(8)72)60(83)65(10)38(4)52(75)62-46(58(81)71-29-23-18-24-30-71)35-50(74)64(9)39(5)55(78)66(11)40(6)56(79)68(45)13/h16-17,19-22,25-28,36-42,45-48,51,72H,18,23-24,29-35H2,1-15H3,(H,61,73)(H,62,75)(H,63,76)/t37-,38-,39+,40-,41-,42+,45-,46-,47-,48-,51-/m0/s1. The summed E-state index contributed by atoms with van der Waals surface area (Å²) >= 11 is 0. The molecule has 83 heavy (non-hydrogen) atoms. The van der Waals surface area contributed by atoms with Crippen molar-refractivity contribution in [3.05, 3.63) is 71.8 Å². The van der Waals surface area contributed by atoms with Gasteiger partial charge in [0.05, 0.1) is 12.5 Å². The Morgan fingerprint density at radius 3 is 1.48 bits per heavy atom. The third kappa shape index (κ3) is 17.8. The van der Waals surface area contributed by atoms with Crippen LogP contribution in [0.2, 0.25) is 0 Å². The number of aliphatic hydroxyl groups excluding tert-OH is 1. The van der Waals surface area contributed by atoms with Crippen molar-refractivity contribution in [1.29, 1.82) is 0 Å². The van der Waals surface area contributed by atoms with Gasteiger partial charge in [-0.05, 0) is 84.3 Å². The molecule has 11 amide bonds. The topological polar surface area (TPSA) is 270 Å². The van der Waals surface area contributed by atoms with Crippen molar-refractivity contribution in [2.24, 2.45) is 5.92 Å². The Bertz CT molecular complexity index is 2620. The van der Waals surface area contributed by atoms with Gasteiger partial charge in [0.15, 0.2) is 0 Å². The largest absolute Gasteiger partial charge is 0.391 e. The van der Waals surface area contributed by atoms with Crippen LogP contribution in [0.3, 0.4) is 0 Å². The number of piperidine rings is 1. The van der Waals surface area contributed by atoms with Crippen LogP contribution in [-0.4, -0.2) is 238 Å². The smallest absolute Gasteiger partial charge is 0.248 e. The van der Waals surface area contributed by atoms with Gasteiger partial charge >= 0.3 is 0 Å². The highest BCUT2D eigenvalue weighted by atomic mass is 16.3. The van der Waals surface area contributed by atoms with Crippen LogP contribution >= 0.6 is 0 Å². The molecule has 2 aliphatic heterocycles. The Hall–Kier alpha value is -7.43. The number of carbonyl (C=O) groups is 11. The van der Waals surface area contributed by atoms with E-state index in [0.717, 1.165) is 21.1 Å². The molecule has 2 saturated heterocycles. The first-order valence-electron chi connectivity index (χ1n) is 28.7. The number of hydrogen-bond donors (Lipinski definition) is 4. The highest BCUT2D eigenvalue weighted by Gasteiger charge is 2.42. The van der Waals surface area contributed by atoms with Crippen LogP contribution in [0.1, 0.15) is 105 Å². The third-order valence-corrected chi connectivity index (χ3v) is 16.5. The van der Waals surface area contributed by atoms with Gasteiger partial charge in [-0.2, -0.15) is 0 Å². The van der Waals surface area contributed by atoms with Gasteiger partial charge in [0.1, 0.15) is 54.4 Å². The average Bonchev–Trinajstić information content (AvgIpc) is 3.55. The first-order valence-corrected chi connectivity index (χ1v) is 28.7. The van der Waals surface area contributed by atoms with E-state index >= 15 is 0 Å². The van der Waals surface area contributed by atoms with E-state index in [-0.39, 0.29) is 25.2 Å². The van der Waals surface area contributed by atoms with Crippen LogP contribution < -0.4 is 16.0 Å².